The van der Waals surface area contributed by atoms with Crippen LogP contribution in [0.15, 0.2) is 12.1 Å². The molecule has 4 atom stereocenters. The predicted octanol–water partition coefficient (Wildman–Crippen LogP) is 6.32. The Morgan fingerprint density at radius 1 is 1.00 bits per heavy atom. The Balaban J connectivity index is 1.76. The summed E-state index contributed by atoms with van der Waals surface area (Å²) < 4.78 is 27.9. The Bertz CT molecular complexity index is 514. The van der Waals surface area contributed by atoms with Gasteiger partial charge in [0.15, 0.2) is 0 Å². The van der Waals surface area contributed by atoms with Crippen LogP contribution in [0.25, 0.3) is 0 Å². The summed E-state index contributed by atoms with van der Waals surface area (Å²) >= 11 is 3.67. The van der Waals surface area contributed by atoms with E-state index in [-0.39, 0.29) is 16.5 Å². The van der Waals surface area contributed by atoms with Crippen LogP contribution in [0.2, 0.25) is 0 Å². The van der Waals surface area contributed by atoms with Crippen molar-refractivity contribution >= 4 is 15.9 Å². The van der Waals surface area contributed by atoms with E-state index in [2.05, 4.69) is 15.9 Å². The molecule has 0 aliphatic heterocycles. The van der Waals surface area contributed by atoms with Crippen molar-refractivity contribution in [3.63, 3.8) is 0 Å². The summed E-state index contributed by atoms with van der Waals surface area (Å²) in [7, 11) is 0. The van der Waals surface area contributed by atoms with Gasteiger partial charge in [0, 0.05) is 10.4 Å². The number of halogens is 3. The molecule has 0 saturated heterocycles. The highest BCUT2D eigenvalue weighted by Gasteiger charge is 2.35. The molecule has 2 aliphatic carbocycles. The number of fused-ring (bicyclic) bond motifs is 1. The van der Waals surface area contributed by atoms with E-state index in [1.807, 2.05) is 0 Å². The molecule has 2 aliphatic rings. The fraction of sp³-hybridized carbons (Fsp3) is 0.667. The minimum atomic E-state index is -0.304. The lowest BCUT2D eigenvalue weighted by Gasteiger charge is -2.41. The molecule has 2 fully saturated rings. The van der Waals surface area contributed by atoms with Crippen LogP contribution in [-0.2, 0) is 0 Å². The first-order valence-electron chi connectivity index (χ1n) is 8.16. The van der Waals surface area contributed by atoms with Crippen LogP contribution in [0.5, 0.6) is 0 Å². The number of alkyl halides is 1. The van der Waals surface area contributed by atoms with E-state index in [9.17, 15) is 8.78 Å². The molecule has 21 heavy (non-hydrogen) atoms. The first kappa shape index (κ1) is 15.5. The zero-order chi connectivity index (χ0) is 15.0. The van der Waals surface area contributed by atoms with Crippen LogP contribution >= 0.6 is 15.9 Å². The van der Waals surface area contributed by atoms with Gasteiger partial charge in [0.1, 0.15) is 11.6 Å². The van der Waals surface area contributed by atoms with Gasteiger partial charge in [-0.05, 0) is 61.6 Å². The Labute approximate surface area is 134 Å². The number of aryl methyl sites for hydroxylation is 1. The first-order chi connectivity index (χ1) is 10.1. The minimum absolute atomic E-state index is 0.0597. The number of hydrogen-bond acceptors (Lipinski definition) is 0. The molecular weight excluding hydrogens is 334 g/mol. The second kappa shape index (κ2) is 6.36. The summed E-state index contributed by atoms with van der Waals surface area (Å²) in [6, 6.07) is 2.71. The van der Waals surface area contributed by atoms with E-state index in [1.54, 1.807) is 6.92 Å². The topological polar surface area (TPSA) is 0 Å². The molecule has 0 N–H and O–H groups in total. The number of hydrogen-bond donors (Lipinski definition) is 0. The van der Waals surface area contributed by atoms with Gasteiger partial charge in [-0.25, -0.2) is 8.78 Å². The lowest BCUT2D eigenvalue weighted by Crippen LogP contribution is -2.29. The fourth-order valence-electron chi connectivity index (χ4n) is 4.30. The Kier molecular flexibility index (Phi) is 4.68. The molecule has 0 spiro atoms. The second-order valence-electron chi connectivity index (χ2n) is 6.90. The summed E-state index contributed by atoms with van der Waals surface area (Å²) in [5.74, 6) is 1.54. The smallest absolute Gasteiger partial charge is 0.128 e. The van der Waals surface area contributed by atoms with Crippen molar-refractivity contribution in [1.82, 2.24) is 0 Å². The molecule has 1 aromatic carbocycles. The third-order valence-electron chi connectivity index (χ3n) is 5.57. The van der Waals surface area contributed by atoms with E-state index < -0.39 is 0 Å². The molecule has 0 nitrogen and oxygen atoms in total. The van der Waals surface area contributed by atoms with E-state index in [0.29, 0.717) is 17.0 Å². The van der Waals surface area contributed by atoms with Gasteiger partial charge in [-0.15, -0.1) is 0 Å². The van der Waals surface area contributed by atoms with Gasteiger partial charge in [-0.1, -0.05) is 41.6 Å². The van der Waals surface area contributed by atoms with Gasteiger partial charge in [-0.3, -0.25) is 0 Å². The molecular formula is C18H23BrF2. The highest BCUT2D eigenvalue weighted by molar-refractivity contribution is 9.09. The standard InChI is InChI=1S/C18H23BrF2/c1-11-8-17(21)15(10-16(11)20)18(19)14-7-6-12-4-2-3-5-13(12)9-14/h8,10,12-14,18H,2-7,9H2,1H3. The van der Waals surface area contributed by atoms with Gasteiger partial charge >= 0.3 is 0 Å². The van der Waals surface area contributed by atoms with Crippen molar-refractivity contribution in [3.8, 4) is 0 Å². The van der Waals surface area contributed by atoms with Crippen LogP contribution in [0.3, 0.4) is 0 Å². The number of benzene rings is 1. The third kappa shape index (κ3) is 3.18. The molecule has 2 saturated carbocycles. The first-order valence-corrected chi connectivity index (χ1v) is 9.07. The lowest BCUT2D eigenvalue weighted by molar-refractivity contribution is 0.128. The monoisotopic (exact) mass is 356 g/mol. The van der Waals surface area contributed by atoms with E-state index in [0.717, 1.165) is 24.7 Å². The molecule has 3 rings (SSSR count). The quantitative estimate of drug-likeness (QED) is 0.544. The SMILES string of the molecule is Cc1cc(F)c(C(Br)C2CCC3CCCCC3C2)cc1F. The van der Waals surface area contributed by atoms with E-state index in [1.165, 1.54) is 44.2 Å². The number of rotatable bonds is 2. The zero-order valence-electron chi connectivity index (χ0n) is 12.5. The Morgan fingerprint density at radius 3 is 2.48 bits per heavy atom. The molecule has 0 amide bonds. The van der Waals surface area contributed by atoms with Gasteiger partial charge in [0.05, 0.1) is 0 Å². The van der Waals surface area contributed by atoms with Crippen LogP contribution in [0, 0.1) is 36.3 Å². The zero-order valence-corrected chi connectivity index (χ0v) is 14.1. The van der Waals surface area contributed by atoms with Gasteiger partial charge in [-0.2, -0.15) is 0 Å². The lowest BCUT2D eigenvalue weighted by atomic mass is 9.66. The van der Waals surface area contributed by atoms with Crippen molar-refractivity contribution in [1.29, 1.82) is 0 Å². The van der Waals surface area contributed by atoms with Crippen LogP contribution in [0.4, 0.5) is 8.78 Å². The summed E-state index contributed by atoms with van der Waals surface area (Å²) in [6.45, 7) is 1.61. The van der Waals surface area contributed by atoms with Crippen molar-refractivity contribution in [3.05, 3.63) is 34.9 Å². The van der Waals surface area contributed by atoms with Crippen molar-refractivity contribution < 1.29 is 8.78 Å². The maximum absolute atomic E-state index is 14.2. The molecule has 0 bridgehead atoms. The van der Waals surface area contributed by atoms with E-state index in [4.69, 9.17) is 0 Å². The molecule has 0 aromatic heterocycles. The van der Waals surface area contributed by atoms with Gasteiger partial charge in [0.2, 0.25) is 0 Å². The highest BCUT2D eigenvalue weighted by Crippen LogP contribution is 2.48. The van der Waals surface area contributed by atoms with Gasteiger partial charge < -0.3 is 0 Å². The predicted molar refractivity (Wildman–Crippen MR) is 85.6 cm³/mol. The van der Waals surface area contributed by atoms with Crippen LogP contribution in [0.1, 0.15) is 60.9 Å². The molecule has 0 radical (unpaired) electrons. The fourth-order valence-corrected chi connectivity index (χ4v) is 5.13. The van der Waals surface area contributed by atoms with Crippen molar-refractivity contribution in [2.75, 3.05) is 0 Å². The average Bonchev–Trinajstić information content (AvgIpc) is 2.50. The second-order valence-corrected chi connectivity index (χ2v) is 7.89. The molecule has 116 valence electrons. The van der Waals surface area contributed by atoms with Crippen LogP contribution < -0.4 is 0 Å². The molecule has 4 unspecified atom stereocenters. The summed E-state index contributed by atoms with van der Waals surface area (Å²) in [6.07, 6.45) is 8.97. The van der Waals surface area contributed by atoms with Crippen molar-refractivity contribution in [2.45, 2.75) is 56.7 Å². The van der Waals surface area contributed by atoms with Crippen molar-refractivity contribution in [2.24, 2.45) is 17.8 Å². The maximum Gasteiger partial charge on any atom is 0.128 e. The maximum atomic E-state index is 14.2. The Hall–Kier alpha value is -0.440. The largest absolute Gasteiger partial charge is 0.207 e. The van der Waals surface area contributed by atoms with Gasteiger partial charge in [0.25, 0.3) is 0 Å². The summed E-state index contributed by atoms with van der Waals surface area (Å²) in [5.41, 5.74) is 0.879. The molecule has 3 heteroatoms. The molecule has 0 heterocycles. The molecule has 1 aromatic rings. The highest BCUT2D eigenvalue weighted by atomic mass is 79.9. The normalized spacial score (nSPS) is 30.8. The van der Waals surface area contributed by atoms with E-state index >= 15 is 0 Å². The Morgan fingerprint density at radius 2 is 1.71 bits per heavy atom. The summed E-state index contributed by atoms with van der Waals surface area (Å²) in [4.78, 5) is -0.0597. The summed E-state index contributed by atoms with van der Waals surface area (Å²) in [5, 5.41) is 0. The minimum Gasteiger partial charge on any atom is -0.207 e. The third-order valence-corrected chi connectivity index (χ3v) is 6.81. The average molecular weight is 357 g/mol. The van der Waals surface area contributed by atoms with Crippen LogP contribution in [-0.4, -0.2) is 0 Å².